The highest BCUT2D eigenvalue weighted by molar-refractivity contribution is 5.93. The molecule has 1 amide bonds. The van der Waals surface area contributed by atoms with Gasteiger partial charge in [0.05, 0.1) is 11.7 Å². The van der Waals surface area contributed by atoms with Crippen LogP contribution in [-0.4, -0.2) is 76.5 Å². The first-order valence-corrected chi connectivity index (χ1v) is 11.4. The number of carbonyl (C=O) groups excluding carboxylic acids is 1. The summed E-state index contributed by atoms with van der Waals surface area (Å²) < 4.78 is 1.99. The molecule has 1 N–H and O–H groups in total. The summed E-state index contributed by atoms with van der Waals surface area (Å²) in [4.78, 5) is 17.9. The number of nitrogens with zero attached hydrogens (tertiary/aromatic N) is 5. The van der Waals surface area contributed by atoms with Gasteiger partial charge in [-0.2, -0.15) is 0 Å². The molecule has 156 valence electrons. The molecule has 3 aliphatic heterocycles. The summed E-state index contributed by atoms with van der Waals surface area (Å²) in [5.41, 5.74) is 1.50. The van der Waals surface area contributed by atoms with E-state index >= 15 is 0 Å². The van der Waals surface area contributed by atoms with Crippen LogP contribution in [0.4, 0.5) is 0 Å². The average Bonchev–Trinajstić information content (AvgIpc) is 2.93. The van der Waals surface area contributed by atoms with E-state index in [1.807, 2.05) is 16.5 Å². The molecule has 0 saturated carbocycles. The minimum atomic E-state index is 0.0817. The van der Waals surface area contributed by atoms with E-state index in [2.05, 4.69) is 20.5 Å². The Balaban J connectivity index is 1.38. The predicted octanol–water partition coefficient (Wildman–Crippen LogP) is 2.24. The minimum absolute atomic E-state index is 0.0817. The summed E-state index contributed by atoms with van der Waals surface area (Å²) >= 11 is 0. The van der Waals surface area contributed by atoms with Gasteiger partial charge in [0.1, 0.15) is 0 Å². The van der Waals surface area contributed by atoms with Crippen molar-refractivity contribution < 1.29 is 4.79 Å². The van der Waals surface area contributed by atoms with Crippen LogP contribution in [0.25, 0.3) is 0 Å². The second-order valence-electron chi connectivity index (χ2n) is 8.92. The third kappa shape index (κ3) is 4.57. The number of rotatable bonds is 4. The normalized spacial score (nSPS) is 25.6. The summed E-state index contributed by atoms with van der Waals surface area (Å²) in [6.45, 7) is 9.36. The quantitative estimate of drug-likeness (QED) is 0.857. The zero-order valence-corrected chi connectivity index (χ0v) is 17.4. The zero-order chi connectivity index (χ0) is 19.3. The van der Waals surface area contributed by atoms with Crippen LogP contribution >= 0.6 is 0 Å². The molecule has 1 unspecified atom stereocenters. The predicted molar refractivity (Wildman–Crippen MR) is 109 cm³/mol. The Morgan fingerprint density at radius 1 is 1.04 bits per heavy atom. The van der Waals surface area contributed by atoms with Gasteiger partial charge in [0.25, 0.3) is 5.91 Å². The van der Waals surface area contributed by atoms with E-state index in [-0.39, 0.29) is 5.91 Å². The van der Waals surface area contributed by atoms with Gasteiger partial charge < -0.3 is 15.1 Å². The summed E-state index contributed by atoms with van der Waals surface area (Å²) in [5.74, 6) is 0.675. The van der Waals surface area contributed by atoms with Crippen molar-refractivity contribution in [2.45, 2.75) is 64.3 Å². The van der Waals surface area contributed by atoms with Crippen molar-refractivity contribution in [3.63, 3.8) is 0 Å². The van der Waals surface area contributed by atoms with Gasteiger partial charge in [0.15, 0.2) is 5.69 Å². The molecule has 7 heteroatoms. The third-order valence-corrected chi connectivity index (χ3v) is 6.81. The molecule has 28 heavy (non-hydrogen) atoms. The standard InChI is InChI=1S/C21H36N6O/c1-17-20(23-24-27(17)19-8-10-22-11-9-19)21(28)26-14-6-7-18(16-26)15-25-12-4-2-3-5-13-25/h18-19,22H,2-16H2,1H3. The molecule has 4 rings (SSSR count). The molecule has 3 aliphatic rings. The second kappa shape index (κ2) is 9.35. The van der Waals surface area contributed by atoms with Crippen molar-refractivity contribution in [2.24, 2.45) is 5.92 Å². The molecule has 1 aromatic rings. The van der Waals surface area contributed by atoms with E-state index in [0.29, 0.717) is 17.7 Å². The molecule has 0 bridgehead atoms. The average molecular weight is 389 g/mol. The van der Waals surface area contributed by atoms with Crippen LogP contribution in [0.2, 0.25) is 0 Å². The smallest absolute Gasteiger partial charge is 0.276 e. The van der Waals surface area contributed by atoms with Crippen molar-refractivity contribution in [3.05, 3.63) is 11.4 Å². The van der Waals surface area contributed by atoms with Gasteiger partial charge in [-0.1, -0.05) is 18.1 Å². The Morgan fingerprint density at radius 2 is 1.79 bits per heavy atom. The topological polar surface area (TPSA) is 66.3 Å². The first-order chi connectivity index (χ1) is 13.7. The van der Waals surface area contributed by atoms with E-state index < -0.39 is 0 Å². The monoisotopic (exact) mass is 388 g/mol. The van der Waals surface area contributed by atoms with Crippen LogP contribution in [0.15, 0.2) is 0 Å². The van der Waals surface area contributed by atoms with E-state index in [0.717, 1.165) is 57.7 Å². The fourth-order valence-electron chi connectivity index (χ4n) is 5.17. The van der Waals surface area contributed by atoms with Gasteiger partial charge in [0, 0.05) is 19.6 Å². The highest BCUT2D eigenvalue weighted by Crippen LogP contribution is 2.24. The van der Waals surface area contributed by atoms with Crippen LogP contribution in [0, 0.1) is 12.8 Å². The molecule has 4 heterocycles. The zero-order valence-electron chi connectivity index (χ0n) is 17.4. The number of aromatic nitrogens is 3. The van der Waals surface area contributed by atoms with Gasteiger partial charge in [0.2, 0.25) is 0 Å². The Bertz CT molecular complexity index is 645. The van der Waals surface area contributed by atoms with Crippen LogP contribution in [0.3, 0.4) is 0 Å². The lowest BCUT2D eigenvalue weighted by molar-refractivity contribution is 0.0634. The Morgan fingerprint density at radius 3 is 2.54 bits per heavy atom. The summed E-state index contributed by atoms with van der Waals surface area (Å²) in [5, 5.41) is 12.1. The molecule has 3 saturated heterocycles. The van der Waals surface area contributed by atoms with Crippen LogP contribution in [0.1, 0.15) is 73.6 Å². The number of amides is 1. The van der Waals surface area contributed by atoms with E-state index in [1.165, 1.54) is 45.2 Å². The number of carbonyl (C=O) groups is 1. The number of likely N-dealkylation sites (tertiary alicyclic amines) is 2. The number of piperidine rings is 2. The Hall–Kier alpha value is -1.47. The minimum Gasteiger partial charge on any atom is -0.337 e. The van der Waals surface area contributed by atoms with Crippen molar-refractivity contribution in [1.82, 2.24) is 30.1 Å². The molecular formula is C21H36N6O. The SMILES string of the molecule is Cc1c(C(=O)N2CCCC(CN3CCCCCC3)C2)nnn1C1CCNCC1. The molecule has 1 atom stereocenters. The first-order valence-electron chi connectivity index (χ1n) is 11.4. The molecule has 7 nitrogen and oxygen atoms in total. The first kappa shape index (κ1) is 19.8. The number of hydrogen-bond acceptors (Lipinski definition) is 5. The van der Waals surface area contributed by atoms with Gasteiger partial charge in [-0.25, -0.2) is 4.68 Å². The van der Waals surface area contributed by atoms with Gasteiger partial charge in [-0.15, -0.1) is 5.10 Å². The maximum absolute atomic E-state index is 13.2. The van der Waals surface area contributed by atoms with Crippen molar-refractivity contribution in [1.29, 1.82) is 0 Å². The van der Waals surface area contributed by atoms with E-state index in [9.17, 15) is 4.79 Å². The second-order valence-corrected chi connectivity index (χ2v) is 8.92. The highest BCUT2D eigenvalue weighted by Gasteiger charge is 2.30. The van der Waals surface area contributed by atoms with Crippen LogP contribution in [0.5, 0.6) is 0 Å². The van der Waals surface area contributed by atoms with Crippen molar-refractivity contribution in [2.75, 3.05) is 45.8 Å². The maximum atomic E-state index is 13.2. The molecule has 0 radical (unpaired) electrons. The molecular weight excluding hydrogens is 352 g/mol. The molecule has 0 aliphatic carbocycles. The van der Waals surface area contributed by atoms with Gasteiger partial charge in [-0.3, -0.25) is 4.79 Å². The lowest BCUT2D eigenvalue weighted by atomic mass is 9.97. The molecule has 3 fully saturated rings. The molecule has 0 aromatic carbocycles. The summed E-state index contributed by atoms with van der Waals surface area (Å²) in [6, 6.07) is 0.368. The molecule has 0 spiro atoms. The fraction of sp³-hybridized carbons (Fsp3) is 0.857. The van der Waals surface area contributed by atoms with Crippen molar-refractivity contribution in [3.8, 4) is 0 Å². The largest absolute Gasteiger partial charge is 0.337 e. The van der Waals surface area contributed by atoms with E-state index in [4.69, 9.17) is 0 Å². The third-order valence-electron chi connectivity index (χ3n) is 6.81. The van der Waals surface area contributed by atoms with Gasteiger partial charge >= 0.3 is 0 Å². The summed E-state index contributed by atoms with van der Waals surface area (Å²) in [6.07, 6.45) is 9.85. The van der Waals surface area contributed by atoms with Crippen LogP contribution < -0.4 is 5.32 Å². The highest BCUT2D eigenvalue weighted by atomic mass is 16.2. The number of nitrogens with one attached hydrogen (secondary N) is 1. The van der Waals surface area contributed by atoms with E-state index in [1.54, 1.807) is 0 Å². The Kier molecular flexibility index (Phi) is 6.62. The lowest BCUT2D eigenvalue weighted by Gasteiger charge is -2.35. The van der Waals surface area contributed by atoms with Crippen LogP contribution in [-0.2, 0) is 0 Å². The maximum Gasteiger partial charge on any atom is 0.276 e. The van der Waals surface area contributed by atoms with Gasteiger partial charge in [-0.05, 0) is 77.5 Å². The summed E-state index contributed by atoms with van der Waals surface area (Å²) in [7, 11) is 0. The Labute approximate surface area is 168 Å². The lowest BCUT2D eigenvalue weighted by Crippen LogP contribution is -2.44. The van der Waals surface area contributed by atoms with Crippen molar-refractivity contribution >= 4 is 5.91 Å². The number of hydrogen-bond donors (Lipinski definition) is 1. The fourth-order valence-corrected chi connectivity index (χ4v) is 5.17. The molecule has 1 aromatic heterocycles.